The third-order valence-electron chi connectivity index (χ3n) is 2.50. The molecule has 0 atom stereocenters. The summed E-state index contributed by atoms with van der Waals surface area (Å²) in [6, 6.07) is 6.61. The number of benzene rings is 1. The molecule has 15 heavy (non-hydrogen) atoms. The molecule has 0 amide bonds. The molecule has 0 unspecified atom stereocenters. The third kappa shape index (κ3) is 4.57. The van der Waals surface area contributed by atoms with Crippen LogP contribution in [0.3, 0.4) is 0 Å². The normalized spacial score (nSPS) is 11.1. The summed E-state index contributed by atoms with van der Waals surface area (Å²) in [6.07, 6.45) is 4.79. The maximum atomic E-state index is 2.24. The van der Waals surface area contributed by atoms with Crippen LogP contribution in [-0.4, -0.2) is 5.75 Å². The minimum absolute atomic E-state index is 1.23. The fourth-order valence-corrected chi connectivity index (χ4v) is 2.14. The van der Waals surface area contributed by atoms with E-state index in [9.17, 15) is 0 Å². The van der Waals surface area contributed by atoms with Crippen molar-refractivity contribution in [1.82, 2.24) is 0 Å². The van der Waals surface area contributed by atoms with Crippen LogP contribution in [0, 0.1) is 13.8 Å². The molecule has 0 aliphatic rings. The molecule has 0 fully saturated rings. The van der Waals surface area contributed by atoms with E-state index in [1.165, 1.54) is 35.3 Å². The molecule has 0 bridgehead atoms. The van der Waals surface area contributed by atoms with E-state index in [1.807, 2.05) is 11.8 Å². The van der Waals surface area contributed by atoms with E-state index < -0.39 is 0 Å². The van der Waals surface area contributed by atoms with Gasteiger partial charge in [-0.2, -0.15) is 0 Å². The fourth-order valence-electron chi connectivity index (χ4n) is 1.29. The first kappa shape index (κ1) is 12.4. The van der Waals surface area contributed by atoms with Crippen LogP contribution < -0.4 is 0 Å². The minimum atomic E-state index is 1.23. The quantitative estimate of drug-likeness (QED) is 0.642. The summed E-state index contributed by atoms with van der Waals surface area (Å²) in [4.78, 5) is 0. The Balaban J connectivity index is 2.46. The minimum Gasteiger partial charge on any atom is -0.134 e. The molecular weight excluding hydrogens is 200 g/mol. The van der Waals surface area contributed by atoms with Crippen molar-refractivity contribution in [2.45, 2.75) is 33.6 Å². The Morgan fingerprint density at radius 1 is 1.20 bits per heavy atom. The van der Waals surface area contributed by atoms with E-state index in [0.29, 0.717) is 0 Å². The molecule has 0 spiro atoms. The summed E-state index contributed by atoms with van der Waals surface area (Å²) in [5, 5.41) is 2.21. The van der Waals surface area contributed by atoms with Crippen molar-refractivity contribution in [2.75, 3.05) is 5.75 Å². The largest absolute Gasteiger partial charge is 0.134 e. The Bertz CT molecular complexity index is 326. The zero-order valence-corrected chi connectivity index (χ0v) is 10.7. The highest BCUT2D eigenvalue weighted by Gasteiger charge is 1.92. The fraction of sp³-hybridized carbons (Fsp3) is 0.429. The van der Waals surface area contributed by atoms with Crippen LogP contribution in [0.1, 0.15) is 36.5 Å². The van der Waals surface area contributed by atoms with Crippen molar-refractivity contribution < 1.29 is 0 Å². The average molecular weight is 220 g/mol. The molecule has 1 rings (SSSR count). The Kier molecular flexibility index (Phi) is 5.56. The molecule has 0 radical (unpaired) electrons. The summed E-state index contributed by atoms with van der Waals surface area (Å²) in [5.41, 5.74) is 4.04. The summed E-state index contributed by atoms with van der Waals surface area (Å²) in [5.74, 6) is 1.23. The molecule has 0 heterocycles. The molecule has 0 aliphatic heterocycles. The van der Waals surface area contributed by atoms with Crippen molar-refractivity contribution >= 4 is 17.8 Å². The van der Waals surface area contributed by atoms with Gasteiger partial charge in [-0.1, -0.05) is 31.5 Å². The van der Waals surface area contributed by atoms with Gasteiger partial charge in [-0.3, -0.25) is 0 Å². The lowest BCUT2D eigenvalue weighted by molar-refractivity contribution is 0.898. The van der Waals surface area contributed by atoms with E-state index >= 15 is 0 Å². The number of aryl methyl sites for hydroxylation is 2. The van der Waals surface area contributed by atoms with Crippen LogP contribution in [0.25, 0.3) is 6.08 Å². The number of unbranched alkanes of at least 4 members (excludes halogenated alkanes) is 1. The number of hydrogen-bond donors (Lipinski definition) is 0. The van der Waals surface area contributed by atoms with Crippen LogP contribution >= 0.6 is 11.8 Å². The molecule has 1 heteroatoms. The van der Waals surface area contributed by atoms with Crippen molar-refractivity contribution in [3.8, 4) is 0 Å². The zero-order valence-electron chi connectivity index (χ0n) is 9.92. The van der Waals surface area contributed by atoms with Crippen LogP contribution in [-0.2, 0) is 0 Å². The van der Waals surface area contributed by atoms with Gasteiger partial charge in [-0.25, -0.2) is 0 Å². The molecule has 0 aromatic heterocycles. The lowest BCUT2D eigenvalue weighted by Crippen LogP contribution is -1.81. The van der Waals surface area contributed by atoms with Gasteiger partial charge in [-0.05, 0) is 54.2 Å². The van der Waals surface area contributed by atoms with E-state index in [2.05, 4.69) is 50.5 Å². The molecule has 0 N–H and O–H groups in total. The monoisotopic (exact) mass is 220 g/mol. The van der Waals surface area contributed by atoms with Crippen LogP contribution in [0.15, 0.2) is 23.6 Å². The van der Waals surface area contributed by atoms with Crippen molar-refractivity contribution in [2.24, 2.45) is 0 Å². The average Bonchev–Trinajstić information content (AvgIpc) is 2.23. The highest BCUT2D eigenvalue weighted by molar-refractivity contribution is 8.02. The highest BCUT2D eigenvalue weighted by atomic mass is 32.2. The Morgan fingerprint density at radius 2 is 2.00 bits per heavy atom. The number of thioether (sulfide) groups is 1. The molecule has 0 saturated heterocycles. The third-order valence-corrected chi connectivity index (χ3v) is 3.36. The summed E-state index contributed by atoms with van der Waals surface area (Å²) in [6.45, 7) is 6.54. The molecule has 1 aromatic carbocycles. The summed E-state index contributed by atoms with van der Waals surface area (Å²) >= 11 is 1.90. The lowest BCUT2D eigenvalue weighted by atomic mass is 10.1. The first-order valence-corrected chi connectivity index (χ1v) is 6.64. The van der Waals surface area contributed by atoms with Gasteiger partial charge in [0.2, 0.25) is 0 Å². The van der Waals surface area contributed by atoms with E-state index in [0.717, 1.165) is 0 Å². The maximum absolute atomic E-state index is 2.24. The van der Waals surface area contributed by atoms with E-state index in [-0.39, 0.29) is 0 Å². The molecule has 82 valence electrons. The maximum Gasteiger partial charge on any atom is -0.00261 e. The topological polar surface area (TPSA) is 0 Å². The molecule has 0 aliphatic carbocycles. The van der Waals surface area contributed by atoms with Crippen LogP contribution in [0.2, 0.25) is 0 Å². The van der Waals surface area contributed by atoms with Gasteiger partial charge in [0.05, 0.1) is 0 Å². The van der Waals surface area contributed by atoms with Gasteiger partial charge in [0, 0.05) is 0 Å². The van der Waals surface area contributed by atoms with Gasteiger partial charge in [-0.15, -0.1) is 11.8 Å². The smallest absolute Gasteiger partial charge is 0.00261 e. The second-order valence-corrected chi connectivity index (χ2v) is 4.88. The highest BCUT2D eigenvalue weighted by Crippen LogP contribution is 2.14. The van der Waals surface area contributed by atoms with Gasteiger partial charge < -0.3 is 0 Å². The first-order valence-electron chi connectivity index (χ1n) is 5.59. The lowest BCUT2D eigenvalue weighted by Gasteiger charge is -2.00. The number of rotatable bonds is 5. The van der Waals surface area contributed by atoms with E-state index in [4.69, 9.17) is 0 Å². The van der Waals surface area contributed by atoms with Crippen molar-refractivity contribution in [1.29, 1.82) is 0 Å². The first-order chi connectivity index (χ1) is 7.24. The second-order valence-electron chi connectivity index (χ2n) is 3.87. The van der Waals surface area contributed by atoms with Crippen molar-refractivity contribution in [3.05, 3.63) is 40.3 Å². The van der Waals surface area contributed by atoms with Gasteiger partial charge in [0.25, 0.3) is 0 Å². The SMILES string of the molecule is CCCCS/C=C/c1ccc(C)c(C)c1. The van der Waals surface area contributed by atoms with E-state index in [1.54, 1.807) is 0 Å². The molecule has 1 aromatic rings. The van der Waals surface area contributed by atoms with Crippen molar-refractivity contribution in [3.63, 3.8) is 0 Å². The Hall–Kier alpha value is -0.690. The molecule has 0 nitrogen and oxygen atoms in total. The zero-order chi connectivity index (χ0) is 11.1. The second kappa shape index (κ2) is 6.73. The van der Waals surface area contributed by atoms with Gasteiger partial charge in [0.15, 0.2) is 0 Å². The predicted molar refractivity (Wildman–Crippen MR) is 72.3 cm³/mol. The summed E-state index contributed by atoms with van der Waals surface area (Å²) in [7, 11) is 0. The Morgan fingerprint density at radius 3 is 2.67 bits per heavy atom. The van der Waals surface area contributed by atoms with Gasteiger partial charge in [0.1, 0.15) is 0 Å². The summed E-state index contributed by atoms with van der Waals surface area (Å²) < 4.78 is 0. The van der Waals surface area contributed by atoms with Crippen LogP contribution in [0.4, 0.5) is 0 Å². The van der Waals surface area contributed by atoms with Gasteiger partial charge >= 0.3 is 0 Å². The molecule has 0 saturated carbocycles. The standard InChI is InChI=1S/C14H20S/c1-4-5-9-15-10-8-14-7-6-12(2)13(3)11-14/h6-8,10-11H,4-5,9H2,1-3H3/b10-8+. The van der Waals surface area contributed by atoms with Crippen LogP contribution in [0.5, 0.6) is 0 Å². The predicted octanol–water partition coefficient (Wildman–Crippen LogP) is 4.81. The Labute approximate surface area is 97.8 Å². The molecular formula is C14H20S. The number of hydrogen-bond acceptors (Lipinski definition) is 1.